The SMILES string of the molecule is O=C1CCCC2=C1[C@H](c1ccco1)N(CC(=O)N1CCOCC1)c1ccccc1N2. The maximum atomic E-state index is 13.2. The molecule has 7 heteroatoms. The van der Waals surface area contributed by atoms with E-state index in [2.05, 4.69) is 5.32 Å². The van der Waals surface area contributed by atoms with Crippen LogP contribution in [-0.4, -0.2) is 49.4 Å². The fraction of sp³-hybridized carbons (Fsp3) is 0.391. The third-order valence-electron chi connectivity index (χ3n) is 6.02. The Labute approximate surface area is 175 Å². The lowest BCUT2D eigenvalue weighted by atomic mass is 9.88. The molecule has 0 bridgehead atoms. The van der Waals surface area contributed by atoms with E-state index >= 15 is 0 Å². The Kier molecular flexibility index (Phi) is 5.04. The standard InChI is InChI=1S/C23H25N3O4/c27-19-8-3-6-17-22(19)23(20-9-4-12-30-20)26(18-7-2-1-5-16(18)24-17)15-21(28)25-10-13-29-14-11-25/h1-2,4-5,7,9,12,23-24H,3,6,8,10-11,13-15H2/t23-/m0/s1. The number of Topliss-reactive ketones (excluding diaryl/α,β-unsaturated/α-hetero) is 1. The number of para-hydroxylation sites is 2. The molecule has 3 aliphatic rings. The molecule has 1 fully saturated rings. The number of carbonyl (C=O) groups is 2. The first-order valence-corrected chi connectivity index (χ1v) is 10.5. The van der Waals surface area contributed by atoms with E-state index in [1.807, 2.05) is 46.2 Å². The van der Waals surface area contributed by atoms with Gasteiger partial charge in [-0.15, -0.1) is 0 Å². The highest BCUT2D eigenvalue weighted by Gasteiger charge is 2.39. The topological polar surface area (TPSA) is 75.0 Å². The van der Waals surface area contributed by atoms with Crippen molar-refractivity contribution in [1.29, 1.82) is 0 Å². The highest BCUT2D eigenvalue weighted by molar-refractivity contribution is 6.01. The fourth-order valence-corrected chi connectivity index (χ4v) is 4.58. The van der Waals surface area contributed by atoms with Crippen molar-refractivity contribution in [3.8, 4) is 0 Å². The summed E-state index contributed by atoms with van der Waals surface area (Å²) in [4.78, 5) is 30.2. The summed E-state index contributed by atoms with van der Waals surface area (Å²) in [6, 6.07) is 11.2. The van der Waals surface area contributed by atoms with Crippen molar-refractivity contribution >= 4 is 23.1 Å². The van der Waals surface area contributed by atoms with E-state index in [1.165, 1.54) is 0 Å². The van der Waals surface area contributed by atoms with E-state index < -0.39 is 6.04 Å². The van der Waals surface area contributed by atoms with Gasteiger partial charge in [-0.05, 0) is 37.1 Å². The second-order valence-electron chi connectivity index (χ2n) is 7.85. The van der Waals surface area contributed by atoms with Gasteiger partial charge in [0.25, 0.3) is 0 Å². The molecular formula is C23H25N3O4. The summed E-state index contributed by atoms with van der Waals surface area (Å²) in [6.07, 6.45) is 3.76. The lowest BCUT2D eigenvalue weighted by Gasteiger charge is -2.35. The summed E-state index contributed by atoms with van der Waals surface area (Å²) in [7, 11) is 0. The first kappa shape index (κ1) is 18.9. The van der Waals surface area contributed by atoms with Crippen LogP contribution in [0.25, 0.3) is 0 Å². The molecule has 1 N–H and O–H groups in total. The molecule has 0 radical (unpaired) electrons. The number of ketones is 1. The van der Waals surface area contributed by atoms with Crippen molar-refractivity contribution in [2.75, 3.05) is 43.1 Å². The molecule has 3 heterocycles. The molecular weight excluding hydrogens is 382 g/mol. The van der Waals surface area contributed by atoms with Crippen LogP contribution in [0.2, 0.25) is 0 Å². The highest BCUT2D eigenvalue weighted by atomic mass is 16.5. The number of allylic oxidation sites excluding steroid dienone is 1. The molecule has 1 atom stereocenters. The number of nitrogens with zero attached hydrogens (tertiary/aromatic N) is 2. The van der Waals surface area contributed by atoms with E-state index in [0.717, 1.165) is 29.9 Å². The largest absolute Gasteiger partial charge is 0.467 e. The van der Waals surface area contributed by atoms with Crippen molar-refractivity contribution < 1.29 is 18.7 Å². The summed E-state index contributed by atoms with van der Waals surface area (Å²) < 4.78 is 11.2. The predicted molar refractivity (Wildman–Crippen MR) is 112 cm³/mol. The second kappa shape index (κ2) is 7.99. The number of hydrogen-bond donors (Lipinski definition) is 1. The van der Waals surface area contributed by atoms with Crippen LogP contribution in [0.5, 0.6) is 0 Å². The number of amides is 1. The Morgan fingerprint density at radius 2 is 1.93 bits per heavy atom. The minimum atomic E-state index is -0.441. The summed E-state index contributed by atoms with van der Waals surface area (Å²) in [5.74, 6) is 0.810. The molecule has 30 heavy (non-hydrogen) atoms. The van der Waals surface area contributed by atoms with Gasteiger partial charge in [-0.25, -0.2) is 0 Å². The molecule has 156 valence electrons. The predicted octanol–water partition coefficient (Wildman–Crippen LogP) is 3.12. The van der Waals surface area contributed by atoms with E-state index in [1.54, 1.807) is 6.26 Å². The zero-order valence-electron chi connectivity index (χ0n) is 16.8. The van der Waals surface area contributed by atoms with Gasteiger partial charge < -0.3 is 24.3 Å². The van der Waals surface area contributed by atoms with Gasteiger partial charge in [0.15, 0.2) is 5.78 Å². The minimum absolute atomic E-state index is 0.0250. The van der Waals surface area contributed by atoms with Gasteiger partial charge in [-0.3, -0.25) is 9.59 Å². The van der Waals surface area contributed by atoms with Crippen molar-refractivity contribution in [2.45, 2.75) is 25.3 Å². The molecule has 1 aliphatic carbocycles. The molecule has 5 rings (SSSR count). The first-order chi connectivity index (χ1) is 14.7. The van der Waals surface area contributed by atoms with Crippen LogP contribution < -0.4 is 10.2 Å². The van der Waals surface area contributed by atoms with Crippen LogP contribution >= 0.6 is 0 Å². The number of morpholine rings is 1. The van der Waals surface area contributed by atoms with Gasteiger partial charge in [0.1, 0.15) is 11.8 Å². The monoisotopic (exact) mass is 407 g/mol. The maximum absolute atomic E-state index is 13.2. The lowest BCUT2D eigenvalue weighted by molar-refractivity contribution is -0.133. The third-order valence-corrected chi connectivity index (χ3v) is 6.02. The number of rotatable bonds is 3. The Morgan fingerprint density at radius 3 is 2.73 bits per heavy atom. The van der Waals surface area contributed by atoms with Gasteiger partial charge in [0, 0.05) is 30.8 Å². The number of ether oxygens (including phenoxy) is 1. The fourth-order valence-electron chi connectivity index (χ4n) is 4.58. The van der Waals surface area contributed by atoms with E-state index in [9.17, 15) is 9.59 Å². The van der Waals surface area contributed by atoms with Gasteiger partial charge in [-0.2, -0.15) is 0 Å². The summed E-state index contributed by atoms with van der Waals surface area (Å²) in [5.41, 5.74) is 3.44. The van der Waals surface area contributed by atoms with Gasteiger partial charge >= 0.3 is 0 Å². The smallest absolute Gasteiger partial charge is 0.242 e. The van der Waals surface area contributed by atoms with E-state index in [4.69, 9.17) is 9.15 Å². The number of nitrogens with one attached hydrogen (secondary N) is 1. The van der Waals surface area contributed by atoms with Gasteiger partial charge in [0.2, 0.25) is 5.91 Å². The van der Waals surface area contributed by atoms with E-state index in [0.29, 0.717) is 44.1 Å². The number of furan rings is 1. The summed E-state index contributed by atoms with van der Waals surface area (Å²) in [6.45, 7) is 2.45. The maximum Gasteiger partial charge on any atom is 0.242 e. The average Bonchev–Trinajstić information content (AvgIpc) is 3.26. The molecule has 2 aromatic rings. The highest BCUT2D eigenvalue weighted by Crippen LogP contribution is 2.44. The Hall–Kier alpha value is -3.06. The zero-order chi connectivity index (χ0) is 20.5. The summed E-state index contributed by atoms with van der Waals surface area (Å²) in [5, 5.41) is 3.50. The first-order valence-electron chi connectivity index (χ1n) is 10.5. The van der Waals surface area contributed by atoms with Crippen LogP contribution in [0.1, 0.15) is 31.1 Å². The van der Waals surface area contributed by atoms with Crippen molar-refractivity contribution in [1.82, 2.24) is 4.90 Å². The van der Waals surface area contributed by atoms with Crippen LogP contribution in [-0.2, 0) is 14.3 Å². The molecule has 0 saturated carbocycles. The normalized spacial score (nSPS) is 21.6. The van der Waals surface area contributed by atoms with Crippen molar-refractivity contribution in [3.05, 3.63) is 59.7 Å². The average molecular weight is 407 g/mol. The Morgan fingerprint density at radius 1 is 1.10 bits per heavy atom. The van der Waals surface area contributed by atoms with Crippen molar-refractivity contribution in [2.24, 2.45) is 0 Å². The Bertz CT molecular complexity index is 976. The van der Waals surface area contributed by atoms with Crippen LogP contribution in [0, 0.1) is 0 Å². The van der Waals surface area contributed by atoms with Crippen LogP contribution in [0.15, 0.2) is 58.3 Å². The number of fused-ring (bicyclic) bond motifs is 1. The third kappa shape index (κ3) is 3.39. The van der Waals surface area contributed by atoms with Crippen LogP contribution in [0.4, 0.5) is 11.4 Å². The molecule has 1 aromatic heterocycles. The minimum Gasteiger partial charge on any atom is -0.467 e. The lowest BCUT2D eigenvalue weighted by Crippen LogP contribution is -2.47. The van der Waals surface area contributed by atoms with Gasteiger partial charge in [0.05, 0.1) is 37.4 Å². The molecule has 1 saturated heterocycles. The summed E-state index contributed by atoms with van der Waals surface area (Å²) >= 11 is 0. The number of carbonyl (C=O) groups excluding carboxylic acids is 2. The second-order valence-corrected chi connectivity index (χ2v) is 7.85. The number of anilines is 2. The quantitative estimate of drug-likeness (QED) is 0.843. The Balaban J connectivity index is 1.61. The molecule has 1 amide bonds. The molecule has 2 aliphatic heterocycles. The van der Waals surface area contributed by atoms with Crippen LogP contribution in [0.3, 0.4) is 0 Å². The molecule has 1 aromatic carbocycles. The van der Waals surface area contributed by atoms with Crippen molar-refractivity contribution in [3.63, 3.8) is 0 Å². The van der Waals surface area contributed by atoms with Gasteiger partial charge in [-0.1, -0.05) is 12.1 Å². The zero-order valence-corrected chi connectivity index (χ0v) is 16.8. The molecule has 7 nitrogen and oxygen atoms in total. The number of hydrogen-bond acceptors (Lipinski definition) is 6. The molecule has 0 unspecified atom stereocenters. The molecule has 0 spiro atoms. The van der Waals surface area contributed by atoms with E-state index in [-0.39, 0.29) is 18.2 Å². The number of benzene rings is 1.